The van der Waals surface area contributed by atoms with E-state index in [2.05, 4.69) is 32.3 Å². The molecule has 0 radical (unpaired) electrons. The van der Waals surface area contributed by atoms with E-state index in [4.69, 9.17) is 4.74 Å². The molecule has 3 rings (SSSR count). The molecule has 6 nitrogen and oxygen atoms in total. The zero-order valence-corrected chi connectivity index (χ0v) is 16.2. The van der Waals surface area contributed by atoms with Crippen LogP contribution < -0.4 is 10.6 Å². The number of rotatable bonds is 6. The van der Waals surface area contributed by atoms with E-state index in [0.717, 1.165) is 38.1 Å². The molecule has 144 valence electrons. The van der Waals surface area contributed by atoms with E-state index in [1.807, 2.05) is 7.05 Å². The van der Waals surface area contributed by atoms with E-state index in [9.17, 15) is 0 Å². The number of piperidine rings is 1. The van der Waals surface area contributed by atoms with Crippen LogP contribution in [0.15, 0.2) is 4.99 Å². The second-order valence-electron chi connectivity index (χ2n) is 8.00. The number of ether oxygens (including phenoxy) is 1. The SMILES string of the molecule is CN=C(NCCCN1CCC(C)CC1)NCC1CN2CCCC2CO1. The summed E-state index contributed by atoms with van der Waals surface area (Å²) in [5.41, 5.74) is 0. The van der Waals surface area contributed by atoms with E-state index < -0.39 is 0 Å². The Kier molecular flexibility index (Phi) is 7.37. The van der Waals surface area contributed by atoms with Crippen molar-refractivity contribution in [2.75, 3.05) is 59.5 Å². The highest BCUT2D eigenvalue weighted by Crippen LogP contribution is 2.22. The van der Waals surface area contributed by atoms with Gasteiger partial charge in [0, 0.05) is 32.7 Å². The number of nitrogens with one attached hydrogen (secondary N) is 2. The van der Waals surface area contributed by atoms with Gasteiger partial charge in [-0.3, -0.25) is 9.89 Å². The van der Waals surface area contributed by atoms with Crippen LogP contribution in [0.1, 0.15) is 39.0 Å². The van der Waals surface area contributed by atoms with Crippen LogP contribution in [-0.2, 0) is 4.74 Å². The maximum absolute atomic E-state index is 6.01. The fourth-order valence-electron chi connectivity index (χ4n) is 4.24. The zero-order chi connectivity index (χ0) is 17.5. The normalized spacial score (nSPS) is 29.6. The van der Waals surface area contributed by atoms with Crippen LogP contribution in [0.25, 0.3) is 0 Å². The van der Waals surface area contributed by atoms with E-state index in [1.165, 1.54) is 58.3 Å². The van der Waals surface area contributed by atoms with Crippen LogP contribution in [0.4, 0.5) is 0 Å². The third-order valence-corrected chi connectivity index (χ3v) is 6.00. The molecule has 0 amide bonds. The summed E-state index contributed by atoms with van der Waals surface area (Å²) in [6.07, 6.45) is 6.80. The van der Waals surface area contributed by atoms with Crippen molar-refractivity contribution in [1.82, 2.24) is 20.4 Å². The molecule has 2 atom stereocenters. The van der Waals surface area contributed by atoms with Gasteiger partial charge in [-0.25, -0.2) is 0 Å². The molecular formula is C19H37N5O. The summed E-state index contributed by atoms with van der Waals surface area (Å²) >= 11 is 0. The monoisotopic (exact) mass is 351 g/mol. The Labute approximate surface area is 153 Å². The average Bonchev–Trinajstić information content (AvgIpc) is 3.10. The Morgan fingerprint density at radius 3 is 2.80 bits per heavy atom. The van der Waals surface area contributed by atoms with E-state index in [-0.39, 0.29) is 6.10 Å². The van der Waals surface area contributed by atoms with Gasteiger partial charge in [0.1, 0.15) is 0 Å². The summed E-state index contributed by atoms with van der Waals surface area (Å²) in [6.45, 7) is 11.1. The smallest absolute Gasteiger partial charge is 0.191 e. The summed E-state index contributed by atoms with van der Waals surface area (Å²) in [7, 11) is 1.85. The predicted molar refractivity (Wildman–Crippen MR) is 103 cm³/mol. The zero-order valence-electron chi connectivity index (χ0n) is 16.2. The molecule has 0 aromatic rings. The van der Waals surface area contributed by atoms with Gasteiger partial charge in [0.2, 0.25) is 0 Å². The lowest BCUT2D eigenvalue weighted by atomic mass is 9.99. The van der Waals surface area contributed by atoms with Gasteiger partial charge in [-0.15, -0.1) is 0 Å². The number of aliphatic imine (C=N–C) groups is 1. The first-order valence-electron chi connectivity index (χ1n) is 10.3. The summed E-state index contributed by atoms with van der Waals surface area (Å²) in [5.74, 6) is 1.81. The summed E-state index contributed by atoms with van der Waals surface area (Å²) in [5, 5.41) is 6.88. The van der Waals surface area contributed by atoms with Gasteiger partial charge in [-0.05, 0) is 64.2 Å². The van der Waals surface area contributed by atoms with Crippen LogP contribution in [-0.4, -0.2) is 87.4 Å². The molecule has 3 aliphatic heterocycles. The van der Waals surface area contributed by atoms with E-state index in [0.29, 0.717) is 6.04 Å². The van der Waals surface area contributed by atoms with Gasteiger partial charge in [0.15, 0.2) is 5.96 Å². The fourth-order valence-corrected chi connectivity index (χ4v) is 4.24. The topological polar surface area (TPSA) is 52.1 Å². The molecule has 0 aliphatic carbocycles. The molecule has 3 heterocycles. The minimum absolute atomic E-state index is 0.281. The minimum Gasteiger partial charge on any atom is -0.373 e. The van der Waals surface area contributed by atoms with Gasteiger partial charge >= 0.3 is 0 Å². The Hall–Kier alpha value is -0.850. The average molecular weight is 352 g/mol. The van der Waals surface area contributed by atoms with Crippen LogP contribution in [0.5, 0.6) is 0 Å². The molecule has 3 saturated heterocycles. The Morgan fingerprint density at radius 2 is 2.00 bits per heavy atom. The maximum atomic E-state index is 6.01. The van der Waals surface area contributed by atoms with Crippen molar-refractivity contribution >= 4 is 5.96 Å². The molecule has 3 fully saturated rings. The highest BCUT2D eigenvalue weighted by Gasteiger charge is 2.32. The van der Waals surface area contributed by atoms with Crippen molar-refractivity contribution in [3.05, 3.63) is 0 Å². The molecular weight excluding hydrogens is 314 g/mol. The first kappa shape index (κ1) is 18.9. The fraction of sp³-hybridized carbons (Fsp3) is 0.947. The summed E-state index contributed by atoms with van der Waals surface area (Å²) in [6, 6.07) is 0.673. The highest BCUT2D eigenvalue weighted by molar-refractivity contribution is 5.79. The number of hydrogen-bond donors (Lipinski definition) is 2. The third kappa shape index (κ3) is 5.83. The first-order chi connectivity index (χ1) is 12.2. The Balaban J connectivity index is 1.26. The lowest BCUT2D eigenvalue weighted by molar-refractivity contribution is -0.0453. The van der Waals surface area contributed by atoms with Crippen molar-refractivity contribution in [3.63, 3.8) is 0 Å². The van der Waals surface area contributed by atoms with Crippen LogP contribution in [0, 0.1) is 5.92 Å². The molecule has 0 saturated carbocycles. The minimum atomic E-state index is 0.281. The molecule has 0 aromatic heterocycles. The standard InChI is InChI=1S/C19H37N5O/c1-16-6-11-23(12-7-16)9-4-8-21-19(20-2)22-13-18-14-24-10-3-5-17(24)15-25-18/h16-18H,3-15H2,1-2H3,(H2,20,21,22). The lowest BCUT2D eigenvalue weighted by Gasteiger charge is -2.35. The second kappa shape index (κ2) is 9.74. The number of morpholine rings is 1. The van der Waals surface area contributed by atoms with E-state index in [1.54, 1.807) is 0 Å². The van der Waals surface area contributed by atoms with Crippen molar-refractivity contribution in [1.29, 1.82) is 0 Å². The van der Waals surface area contributed by atoms with Crippen molar-refractivity contribution in [2.45, 2.75) is 51.2 Å². The molecule has 0 aromatic carbocycles. The number of likely N-dealkylation sites (tertiary alicyclic amines) is 1. The van der Waals surface area contributed by atoms with Crippen molar-refractivity contribution < 1.29 is 4.74 Å². The number of hydrogen-bond acceptors (Lipinski definition) is 4. The van der Waals surface area contributed by atoms with Gasteiger partial charge in [0.05, 0.1) is 12.7 Å². The summed E-state index contributed by atoms with van der Waals surface area (Å²) in [4.78, 5) is 9.53. The van der Waals surface area contributed by atoms with Gasteiger partial charge in [0.25, 0.3) is 0 Å². The predicted octanol–water partition coefficient (Wildman–Crippen LogP) is 1.14. The number of fused-ring (bicyclic) bond motifs is 1. The Bertz CT molecular complexity index is 422. The van der Waals surface area contributed by atoms with E-state index >= 15 is 0 Å². The molecule has 2 unspecified atom stereocenters. The largest absolute Gasteiger partial charge is 0.373 e. The third-order valence-electron chi connectivity index (χ3n) is 6.00. The van der Waals surface area contributed by atoms with Crippen molar-refractivity contribution in [3.8, 4) is 0 Å². The molecule has 0 spiro atoms. The maximum Gasteiger partial charge on any atom is 0.191 e. The van der Waals surface area contributed by atoms with Gasteiger partial charge in [-0.2, -0.15) is 0 Å². The first-order valence-corrected chi connectivity index (χ1v) is 10.3. The summed E-state index contributed by atoms with van der Waals surface area (Å²) < 4.78 is 6.01. The Morgan fingerprint density at radius 1 is 1.16 bits per heavy atom. The van der Waals surface area contributed by atoms with Crippen molar-refractivity contribution in [2.24, 2.45) is 10.9 Å². The second-order valence-corrected chi connectivity index (χ2v) is 8.00. The molecule has 25 heavy (non-hydrogen) atoms. The van der Waals surface area contributed by atoms with Crippen LogP contribution in [0.3, 0.4) is 0 Å². The molecule has 2 N–H and O–H groups in total. The molecule has 3 aliphatic rings. The lowest BCUT2D eigenvalue weighted by Crippen LogP contribution is -2.51. The number of nitrogens with zero attached hydrogens (tertiary/aromatic N) is 3. The van der Waals surface area contributed by atoms with Gasteiger partial charge in [-0.1, -0.05) is 6.92 Å². The molecule has 6 heteroatoms. The van der Waals surface area contributed by atoms with Crippen LogP contribution >= 0.6 is 0 Å². The van der Waals surface area contributed by atoms with Gasteiger partial charge < -0.3 is 20.3 Å². The highest BCUT2D eigenvalue weighted by atomic mass is 16.5. The molecule has 0 bridgehead atoms. The quantitative estimate of drug-likeness (QED) is 0.427. The van der Waals surface area contributed by atoms with Crippen LogP contribution in [0.2, 0.25) is 0 Å². The number of guanidine groups is 1.